The number of aryl methyl sites for hydroxylation is 2. The molecule has 0 amide bonds. The second kappa shape index (κ2) is 7.90. The van der Waals surface area contributed by atoms with Crippen molar-refractivity contribution in [3.63, 3.8) is 0 Å². The van der Waals surface area contributed by atoms with Gasteiger partial charge in [0, 0.05) is 17.7 Å². The van der Waals surface area contributed by atoms with Gasteiger partial charge < -0.3 is 20.1 Å². The van der Waals surface area contributed by atoms with Crippen molar-refractivity contribution in [2.75, 3.05) is 24.9 Å². The summed E-state index contributed by atoms with van der Waals surface area (Å²) in [6, 6.07) is 7.95. The second-order valence-corrected chi connectivity index (χ2v) is 10.1. The van der Waals surface area contributed by atoms with Crippen LogP contribution < -0.4 is 20.1 Å². The van der Waals surface area contributed by atoms with Crippen molar-refractivity contribution in [3.8, 4) is 11.5 Å². The van der Waals surface area contributed by atoms with Gasteiger partial charge in [0.05, 0.1) is 36.1 Å². The summed E-state index contributed by atoms with van der Waals surface area (Å²) in [5, 5.41) is 7.27. The van der Waals surface area contributed by atoms with Gasteiger partial charge in [-0.1, -0.05) is 13.8 Å². The number of carbonyl (C=O) groups is 1. The molecule has 5 nitrogen and oxygen atoms in total. The molecule has 31 heavy (non-hydrogen) atoms. The third-order valence-electron chi connectivity index (χ3n) is 6.22. The van der Waals surface area contributed by atoms with E-state index < -0.39 is 0 Å². The first-order valence-electron chi connectivity index (χ1n) is 10.5. The number of allylic oxidation sites excluding steroid dienone is 1. The number of Topliss-reactive ketones (excluding diaryl/α,β-unsaturated/α-hetero) is 1. The molecule has 0 spiro atoms. The lowest BCUT2D eigenvalue weighted by Crippen LogP contribution is -2.31. The van der Waals surface area contributed by atoms with E-state index in [-0.39, 0.29) is 17.2 Å². The van der Waals surface area contributed by atoms with E-state index in [4.69, 9.17) is 9.47 Å². The molecule has 1 aliphatic carbocycles. The van der Waals surface area contributed by atoms with Gasteiger partial charge in [-0.15, -0.1) is 0 Å². The Hall–Kier alpha value is -2.47. The fourth-order valence-corrected chi connectivity index (χ4v) is 5.19. The van der Waals surface area contributed by atoms with E-state index in [9.17, 15) is 4.79 Å². The van der Waals surface area contributed by atoms with Crippen molar-refractivity contribution in [3.05, 3.63) is 56.7 Å². The minimum atomic E-state index is -0.300. The number of hydrogen-bond donors (Lipinski definition) is 2. The van der Waals surface area contributed by atoms with Crippen LogP contribution in [0.5, 0.6) is 11.5 Å². The van der Waals surface area contributed by atoms with Crippen LogP contribution >= 0.6 is 15.9 Å². The van der Waals surface area contributed by atoms with Crippen LogP contribution in [0.2, 0.25) is 0 Å². The first-order valence-corrected chi connectivity index (χ1v) is 11.3. The van der Waals surface area contributed by atoms with Gasteiger partial charge in [-0.25, -0.2) is 0 Å². The number of hydrogen-bond acceptors (Lipinski definition) is 5. The highest BCUT2D eigenvalue weighted by Crippen LogP contribution is 2.47. The molecule has 0 saturated carbocycles. The fourth-order valence-electron chi connectivity index (χ4n) is 4.56. The number of rotatable bonds is 3. The number of carbonyl (C=O) groups excluding carboxylic acids is 1. The highest BCUT2D eigenvalue weighted by atomic mass is 79.9. The normalized spacial score (nSPS) is 19.6. The Morgan fingerprint density at radius 1 is 1.00 bits per heavy atom. The molecule has 0 saturated heterocycles. The maximum absolute atomic E-state index is 13.4. The molecule has 1 aliphatic heterocycles. The topological polar surface area (TPSA) is 59.6 Å². The Kier molecular flexibility index (Phi) is 5.54. The van der Waals surface area contributed by atoms with Crippen molar-refractivity contribution in [1.82, 2.24) is 0 Å². The zero-order valence-electron chi connectivity index (χ0n) is 18.9. The van der Waals surface area contributed by atoms with Crippen LogP contribution in [-0.4, -0.2) is 20.0 Å². The molecule has 0 radical (unpaired) electrons. The van der Waals surface area contributed by atoms with Crippen molar-refractivity contribution in [2.45, 2.75) is 46.6 Å². The molecule has 0 fully saturated rings. The average Bonchev–Trinajstić information content (AvgIpc) is 2.83. The van der Waals surface area contributed by atoms with Gasteiger partial charge in [-0.2, -0.15) is 0 Å². The Labute approximate surface area is 192 Å². The van der Waals surface area contributed by atoms with Gasteiger partial charge in [-0.05, 0) is 82.6 Å². The standard InChI is InChI=1S/C25H29BrN2O3/c1-13-7-17-18(8-14(13)2)28-23(15-9-16(26)24(31-6)21(10-15)30-5)22-19(27-17)11-25(3,4)12-20(22)29/h7-10,23,27-28H,11-12H2,1-6H3/t23-/m0/s1. The third kappa shape index (κ3) is 3.93. The number of benzene rings is 2. The highest BCUT2D eigenvalue weighted by Gasteiger charge is 2.39. The lowest BCUT2D eigenvalue weighted by Gasteiger charge is -2.34. The second-order valence-electron chi connectivity index (χ2n) is 9.26. The first kappa shape index (κ1) is 21.8. The Morgan fingerprint density at radius 3 is 2.32 bits per heavy atom. The highest BCUT2D eigenvalue weighted by molar-refractivity contribution is 9.10. The van der Waals surface area contributed by atoms with Crippen LogP contribution in [-0.2, 0) is 4.79 Å². The van der Waals surface area contributed by atoms with Gasteiger partial charge in [0.15, 0.2) is 17.3 Å². The zero-order valence-corrected chi connectivity index (χ0v) is 20.5. The SMILES string of the molecule is COc1cc([C@@H]2Nc3cc(C)c(C)cc3NC3=C2C(=O)CC(C)(C)C3)cc(Br)c1OC. The summed E-state index contributed by atoms with van der Waals surface area (Å²) in [6.45, 7) is 8.51. The molecule has 2 aromatic carbocycles. The molecule has 1 heterocycles. The van der Waals surface area contributed by atoms with Gasteiger partial charge >= 0.3 is 0 Å². The summed E-state index contributed by atoms with van der Waals surface area (Å²) in [6.07, 6.45) is 1.33. The lowest BCUT2D eigenvalue weighted by molar-refractivity contribution is -0.118. The summed E-state index contributed by atoms with van der Waals surface area (Å²) in [5.41, 5.74) is 7.04. The van der Waals surface area contributed by atoms with Crippen LogP contribution in [0.4, 0.5) is 11.4 Å². The zero-order chi connectivity index (χ0) is 22.5. The Morgan fingerprint density at radius 2 is 1.68 bits per heavy atom. The van der Waals surface area contributed by atoms with E-state index >= 15 is 0 Å². The van der Waals surface area contributed by atoms with Crippen molar-refractivity contribution in [2.24, 2.45) is 5.41 Å². The third-order valence-corrected chi connectivity index (χ3v) is 6.81. The van der Waals surface area contributed by atoms with Crippen LogP contribution in [0.3, 0.4) is 0 Å². The summed E-state index contributed by atoms with van der Waals surface area (Å²) in [5.74, 6) is 1.43. The molecule has 0 unspecified atom stereocenters. The fraction of sp³-hybridized carbons (Fsp3) is 0.400. The average molecular weight is 485 g/mol. The van der Waals surface area contributed by atoms with Gasteiger partial charge in [0.2, 0.25) is 0 Å². The quantitative estimate of drug-likeness (QED) is 0.534. The number of fused-ring (bicyclic) bond motifs is 1. The summed E-state index contributed by atoms with van der Waals surface area (Å²) < 4.78 is 11.9. The smallest absolute Gasteiger partial charge is 0.174 e. The van der Waals surface area contributed by atoms with Crippen LogP contribution in [0.1, 0.15) is 49.4 Å². The van der Waals surface area contributed by atoms with E-state index in [1.54, 1.807) is 14.2 Å². The van der Waals surface area contributed by atoms with E-state index in [1.165, 1.54) is 11.1 Å². The maximum Gasteiger partial charge on any atom is 0.174 e. The number of ether oxygens (including phenoxy) is 2. The summed E-state index contributed by atoms with van der Waals surface area (Å²) in [7, 11) is 3.24. The molecule has 2 aromatic rings. The number of nitrogens with one attached hydrogen (secondary N) is 2. The van der Waals surface area contributed by atoms with E-state index in [0.717, 1.165) is 39.1 Å². The van der Waals surface area contributed by atoms with Crippen molar-refractivity contribution < 1.29 is 14.3 Å². The summed E-state index contributed by atoms with van der Waals surface area (Å²) >= 11 is 3.61. The molecule has 2 aliphatic rings. The predicted octanol–water partition coefficient (Wildman–Crippen LogP) is 6.31. The van der Waals surface area contributed by atoms with Crippen LogP contribution in [0.25, 0.3) is 0 Å². The van der Waals surface area contributed by atoms with E-state index in [1.807, 2.05) is 12.1 Å². The molecule has 0 bridgehead atoms. The Balaban J connectivity index is 1.93. The lowest BCUT2D eigenvalue weighted by atomic mass is 9.73. The molecule has 6 heteroatoms. The number of methoxy groups -OCH3 is 2. The minimum absolute atomic E-state index is 0.0874. The van der Waals surface area contributed by atoms with Crippen molar-refractivity contribution in [1.29, 1.82) is 0 Å². The van der Waals surface area contributed by atoms with E-state index in [0.29, 0.717) is 17.9 Å². The molecule has 4 rings (SSSR count). The monoisotopic (exact) mass is 484 g/mol. The van der Waals surface area contributed by atoms with Crippen LogP contribution in [0, 0.1) is 19.3 Å². The molecular formula is C25H29BrN2O3. The maximum atomic E-state index is 13.4. The number of ketones is 1. The predicted molar refractivity (Wildman–Crippen MR) is 128 cm³/mol. The minimum Gasteiger partial charge on any atom is -0.493 e. The van der Waals surface area contributed by atoms with Gasteiger partial charge in [-0.3, -0.25) is 4.79 Å². The summed E-state index contributed by atoms with van der Waals surface area (Å²) in [4.78, 5) is 13.4. The molecule has 1 atom stereocenters. The molecule has 164 valence electrons. The largest absolute Gasteiger partial charge is 0.493 e. The molecule has 2 N–H and O–H groups in total. The first-order chi connectivity index (χ1) is 14.6. The van der Waals surface area contributed by atoms with Crippen LogP contribution in [0.15, 0.2) is 40.0 Å². The van der Waals surface area contributed by atoms with Gasteiger partial charge in [0.25, 0.3) is 0 Å². The van der Waals surface area contributed by atoms with E-state index in [2.05, 4.69) is 66.4 Å². The number of anilines is 2. The molecule has 0 aromatic heterocycles. The number of halogens is 1. The van der Waals surface area contributed by atoms with Gasteiger partial charge in [0.1, 0.15) is 0 Å². The molecular weight excluding hydrogens is 456 g/mol. The van der Waals surface area contributed by atoms with Crippen molar-refractivity contribution >= 4 is 33.1 Å². The Bertz CT molecular complexity index is 1100.